The minimum Gasteiger partial charge on any atom is -0.481 e. The molecule has 0 aromatic carbocycles. The van der Waals surface area contributed by atoms with Gasteiger partial charge in [-0.25, -0.2) is 9.97 Å². The van der Waals surface area contributed by atoms with Crippen LogP contribution in [0.4, 0.5) is 5.82 Å². The number of hydrogen-bond acceptors (Lipinski definition) is 5. The molecule has 5 nitrogen and oxygen atoms in total. The number of nitrogens with zero attached hydrogens (tertiary/aromatic N) is 3. The molecule has 1 saturated heterocycles. The van der Waals surface area contributed by atoms with Gasteiger partial charge in [0.25, 0.3) is 0 Å². The van der Waals surface area contributed by atoms with Gasteiger partial charge >= 0.3 is 5.97 Å². The average Bonchev–Trinajstić information content (AvgIpc) is 3.19. The van der Waals surface area contributed by atoms with E-state index in [0.717, 1.165) is 35.9 Å². The van der Waals surface area contributed by atoms with Crippen LogP contribution in [0.25, 0.3) is 10.2 Å². The maximum atomic E-state index is 11.4. The predicted molar refractivity (Wildman–Crippen MR) is 94.0 cm³/mol. The first-order valence-corrected chi connectivity index (χ1v) is 9.82. The second kappa shape index (κ2) is 5.41. The fourth-order valence-corrected chi connectivity index (χ4v) is 5.32. The van der Waals surface area contributed by atoms with Crippen molar-refractivity contribution in [1.82, 2.24) is 9.97 Å². The Bertz CT molecular complexity index is 827. The largest absolute Gasteiger partial charge is 0.481 e. The van der Waals surface area contributed by atoms with Crippen LogP contribution >= 0.6 is 11.3 Å². The maximum absolute atomic E-state index is 11.4. The van der Waals surface area contributed by atoms with E-state index in [1.807, 2.05) is 11.3 Å². The van der Waals surface area contributed by atoms with Crippen LogP contribution in [0.3, 0.4) is 0 Å². The standard InChI is InChI=1S/C18H21N3O2S/c22-18(23)11-7-8-21(9-11)16-14-12-3-1-2-4-13(12)24-17(14)20-15(19-16)10-5-6-10/h10-11H,1-9H2,(H,22,23). The highest BCUT2D eigenvalue weighted by Crippen LogP contribution is 2.44. The van der Waals surface area contributed by atoms with Gasteiger partial charge in [0, 0.05) is 23.9 Å². The van der Waals surface area contributed by atoms with E-state index in [2.05, 4.69) is 4.90 Å². The summed E-state index contributed by atoms with van der Waals surface area (Å²) in [5, 5.41) is 10.6. The first-order valence-electron chi connectivity index (χ1n) is 9.00. The van der Waals surface area contributed by atoms with Crippen molar-refractivity contribution >= 4 is 33.3 Å². The van der Waals surface area contributed by atoms with Crippen molar-refractivity contribution in [2.45, 2.75) is 50.9 Å². The summed E-state index contributed by atoms with van der Waals surface area (Å²) in [6.07, 6.45) is 7.87. The van der Waals surface area contributed by atoms with Gasteiger partial charge in [-0.05, 0) is 50.5 Å². The third-order valence-electron chi connectivity index (χ3n) is 5.59. The summed E-state index contributed by atoms with van der Waals surface area (Å²) in [7, 11) is 0. The summed E-state index contributed by atoms with van der Waals surface area (Å²) in [6, 6.07) is 0. The molecule has 0 radical (unpaired) electrons. The zero-order valence-corrected chi connectivity index (χ0v) is 14.4. The van der Waals surface area contributed by atoms with Gasteiger partial charge in [-0.2, -0.15) is 0 Å². The van der Waals surface area contributed by atoms with Crippen molar-refractivity contribution in [1.29, 1.82) is 0 Å². The third kappa shape index (κ3) is 2.31. The van der Waals surface area contributed by atoms with Crippen LogP contribution in [0.1, 0.15) is 54.3 Å². The molecule has 1 N–H and O–H groups in total. The molecule has 1 unspecified atom stereocenters. The number of fused-ring (bicyclic) bond motifs is 3. The highest BCUT2D eigenvalue weighted by Gasteiger charge is 2.34. The van der Waals surface area contributed by atoms with Gasteiger partial charge in [0.2, 0.25) is 0 Å². The lowest BCUT2D eigenvalue weighted by Crippen LogP contribution is -2.24. The van der Waals surface area contributed by atoms with Crippen LogP contribution in [-0.4, -0.2) is 34.1 Å². The van der Waals surface area contributed by atoms with Gasteiger partial charge in [0.1, 0.15) is 16.5 Å². The number of carbonyl (C=O) groups is 1. The first-order chi connectivity index (χ1) is 11.7. The first kappa shape index (κ1) is 14.6. The summed E-state index contributed by atoms with van der Waals surface area (Å²) in [5.74, 6) is 1.57. The van der Waals surface area contributed by atoms with Crippen LogP contribution in [-0.2, 0) is 17.6 Å². The topological polar surface area (TPSA) is 66.3 Å². The fraction of sp³-hybridized carbons (Fsp3) is 0.611. The van der Waals surface area contributed by atoms with E-state index >= 15 is 0 Å². The van der Waals surface area contributed by atoms with Crippen LogP contribution in [0.2, 0.25) is 0 Å². The lowest BCUT2D eigenvalue weighted by atomic mass is 9.97. The molecule has 1 saturated carbocycles. The summed E-state index contributed by atoms with van der Waals surface area (Å²) >= 11 is 1.85. The lowest BCUT2D eigenvalue weighted by Gasteiger charge is -2.20. The molecule has 6 heteroatoms. The van der Waals surface area contributed by atoms with Crippen molar-refractivity contribution < 1.29 is 9.90 Å². The number of hydrogen-bond donors (Lipinski definition) is 1. The number of thiophene rings is 1. The van der Waals surface area contributed by atoms with Crippen molar-refractivity contribution in [3.63, 3.8) is 0 Å². The van der Waals surface area contributed by atoms with Crippen molar-refractivity contribution in [3.05, 3.63) is 16.3 Å². The summed E-state index contributed by atoms with van der Waals surface area (Å²) in [6.45, 7) is 1.37. The van der Waals surface area contributed by atoms with Crippen LogP contribution < -0.4 is 4.90 Å². The number of rotatable bonds is 3. The van der Waals surface area contributed by atoms with Gasteiger partial charge < -0.3 is 10.0 Å². The molecule has 1 atom stereocenters. The molecule has 2 fully saturated rings. The van der Waals surface area contributed by atoms with Crippen molar-refractivity contribution in [2.24, 2.45) is 5.92 Å². The number of aromatic nitrogens is 2. The Morgan fingerprint density at radius 2 is 2.00 bits per heavy atom. The monoisotopic (exact) mass is 343 g/mol. The minimum atomic E-state index is -0.683. The van der Waals surface area contributed by atoms with E-state index in [9.17, 15) is 9.90 Å². The molecule has 5 rings (SSSR count). The van der Waals surface area contributed by atoms with E-state index in [0.29, 0.717) is 18.9 Å². The molecular formula is C18H21N3O2S. The van der Waals surface area contributed by atoms with Gasteiger partial charge in [-0.1, -0.05) is 0 Å². The fourth-order valence-electron chi connectivity index (χ4n) is 4.06. The molecule has 0 amide bonds. The van der Waals surface area contributed by atoms with Gasteiger partial charge in [0.05, 0.1) is 11.3 Å². The molecular weight excluding hydrogens is 322 g/mol. The highest BCUT2D eigenvalue weighted by atomic mass is 32.1. The van der Waals surface area contributed by atoms with E-state index in [1.165, 1.54) is 41.5 Å². The molecule has 1 aliphatic heterocycles. The zero-order chi connectivity index (χ0) is 16.3. The molecule has 2 aromatic rings. The van der Waals surface area contributed by atoms with E-state index in [-0.39, 0.29) is 5.92 Å². The predicted octanol–water partition coefficient (Wildman–Crippen LogP) is 3.36. The Hall–Kier alpha value is -1.69. The smallest absolute Gasteiger partial charge is 0.308 e. The molecule has 0 bridgehead atoms. The van der Waals surface area contributed by atoms with Crippen molar-refractivity contribution in [3.8, 4) is 0 Å². The zero-order valence-electron chi connectivity index (χ0n) is 13.6. The number of carboxylic acid groups (broad SMARTS) is 1. The van der Waals surface area contributed by atoms with Crippen LogP contribution in [0, 0.1) is 5.92 Å². The normalized spacial score (nSPS) is 23.7. The Kier molecular flexibility index (Phi) is 3.30. The Morgan fingerprint density at radius 3 is 2.75 bits per heavy atom. The molecule has 0 spiro atoms. The molecule has 3 aliphatic rings. The van der Waals surface area contributed by atoms with Gasteiger partial charge in [-0.15, -0.1) is 11.3 Å². The second-order valence-corrected chi connectivity index (χ2v) is 8.42. The minimum absolute atomic E-state index is 0.270. The Morgan fingerprint density at radius 1 is 1.17 bits per heavy atom. The quantitative estimate of drug-likeness (QED) is 0.926. The number of aliphatic carboxylic acids is 1. The Labute approximate surface area is 144 Å². The second-order valence-electron chi connectivity index (χ2n) is 7.34. The summed E-state index contributed by atoms with van der Waals surface area (Å²) in [5.41, 5.74) is 1.44. The molecule has 24 heavy (non-hydrogen) atoms. The van der Waals surface area contributed by atoms with E-state index in [4.69, 9.17) is 9.97 Å². The Balaban J connectivity index is 1.65. The van der Waals surface area contributed by atoms with Crippen molar-refractivity contribution in [2.75, 3.05) is 18.0 Å². The average molecular weight is 343 g/mol. The van der Waals surface area contributed by atoms with E-state index in [1.54, 1.807) is 0 Å². The highest BCUT2D eigenvalue weighted by molar-refractivity contribution is 7.19. The molecule has 3 heterocycles. The van der Waals surface area contributed by atoms with Gasteiger partial charge in [0.15, 0.2) is 0 Å². The lowest BCUT2D eigenvalue weighted by molar-refractivity contribution is -0.140. The van der Waals surface area contributed by atoms with Crippen LogP contribution in [0.5, 0.6) is 0 Å². The molecule has 2 aliphatic carbocycles. The summed E-state index contributed by atoms with van der Waals surface area (Å²) in [4.78, 5) is 26.0. The van der Waals surface area contributed by atoms with E-state index < -0.39 is 5.97 Å². The number of aryl methyl sites for hydroxylation is 2. The molecule has 2 aromatic heterocycles. The number of anilines is 1. The molecule has 126 valence electrons. The summed E-state index contributed by atoms with van der Waals surface area (Å²) < 4.78 is 0. The maximum Gasteiger partial charge on any atom is 0.308 e. The number of carboxylic acids is 1. The SMILES string of the molecule is O=C(O)C1CCN(c2nc(C3CC3)nc3sc4c(c23)CCCC4)C1. The van der Waals surface area contributed by atoms with Crippen LogP contribution in [0.15, 0.2) is 0 Å². The third-order valence-corrected chi connectivity index (χ3v) is 6.78. The van der Waals surface area contributed by atoms with Gasteiger partial charge in [-0.3, -0.25) is 4.79 Å².